The Labute approximate surface area is 63.1 Å². The van der Waals surface area contributed by atoms with Gasteiger partial charge in [-0.05, 0) is 26.0 Å². The highest BCUT2D eigenvalue weighted by Gasteiger charge is 1.83. The van der Waals surface area contributed by atoms with E-state index < -0.39 is 0 Å². The quantitative estimate of drug-likeness (QED) is 0.588. The highest BCUT2D eigenvalue weighted by atomic mass is 14.8. The molecule has 0 unspecified atom stereocenters. The molecule has 1 N–H and O–H groups in total. The van der Waals surface area contributed by atoms with Gasteiger partial charge < -0.3 is 5.32 Å². The van der Waals surface area contributed by atoms with Gasteiger partial charge in [0.15, 0.2) is 0 Å². The number of allylic oxidation sites excluding steroid dienone is 4. The van der Waals surface area contributed by atoms with E-state index in [1.807, 2.05) is 13.1 Å². The van der Waals surface area contributed by atoms with Crippen LogP contribution >= 0.6 is 0 Å². The molecule has 1 nitrogen and oxygen atoms in total. The number of nitrogens with one attached hydrogen (secondary N) is 1. The lowest BCUT2D eigenvalue weighted by Gasteiger charge is -1.98. The van der Waals surface area contributed by atoms with Gasteiger partial charge in [0.2, 0.25) is 0 Å². The van der Waals surface area contributed by atoms with Crippen molar-refractivity contribution in [3.63, 3.8) is 0 Å². The molecule has 0 aliphatic carbocycles. The van der Waals surface area contributed by atoms with Gasteiger partial charge >= 0.3 is 0 Å². The van der Waals surface area contributed by atoms with Gasteiger partial charge in [0.25, 0.3) is 0 Å². The molecular weight excluding hydrogens is 122 g/mol. The first kappa shape index (κ1) is 9.02. The van der Waals surface area contributed by atoms with Crippen molar-refractivity contribution in [2.75, 3.05) is 7.05 Å². The van der Waals surface area contributed by atoms with Crippen molar-refractivity contribution in [1.29, 1.82) is 0 Å². The van der Waals surface area contributed by atoms with Crippen molar-refractivity contribution in [2.45, 2.75) is 13.8 Å². The van der Waals surface area contributed by atoms with Crippen molar-refractivity contribution >= 4 is 0 Å². The number of hydrogen-bond donors (Lipinski definition) is 1. The standard InChI is InChI=1S/C9H15N/c1-5-6-9(10-4)7-8(2)3/h5-7,10H,1H2,2-4H3/b9-6-. The lowest BCUT2D eigenvalue weighted by Crippen LogP contribution is -2.02. The van der Waals surface area contributed by atoms with Crippen molar-refractivity contribution in [2.24, 2.45) is 0 Å². The van der Waals surface area contributed by atoms with Crippen LogP contribution in [-0.4, -0.2) is 7.05 Å². The van der Waals surface area contributed by atoms with Crippen LogP contribution in [0.4, 0.5) is 0 Å². The van der Waals surface area contributed by atoms with E-state index in [0.717, 1.165) is 5.70 Å². The second-order valence-electron chi connectivity index (χ2n) is 2.33. The van der Waals surface area contributed by atoms with Crippen LogP contribution in [0.1, 0.15) is 13.8 Å². The fourth-order valence-corrected chi connectivity index (χ4v) is 0.642. The number of hydrogen-bond acceptors (Lipinski definition) is 1. The van der Waals surface area contributed by atoms with E-state index in [9.17, 15) is 0 Å². The summed E-state index contributed by atoms with van der Waals surface area (Å²) in [7, 11) is 1.90. The van der Waals surface area contributed by atoms with Crippen LogP contribution < -0.4 is 5.32 Å². The third-order valence-electron chi connectivity index (χ3n) is 1.03. The Hall–Kier alpha value is -0.980. The van der Waals surface area contributed by atoms with E-state index in [1.165, 1.54) is 5.57 Å². The van der Waals surface area contributed by atoms with E-state index in [-0.39, 0.29) is 0 Å². The molecule has 0 saturated heterocycles. The minimum atomic E-state index is 1.09. The van der Waals surface area contributed by atoms with Crippen LogP contribution in [0.25, 0.3) is 0 Å². The first-order chi connectivity index (χ1) is 4.70. The molecule has 10 heavy (non-hydrogen) atoms. The van der Waals surface area contributed by atoms with Crippen LogP contribution in [0.3, 0.4) is 0 Å². The van der Waals surface area contributed by atoms with Crippen LogP contribution in [-0.2, 0) is 0 Å². The molecule has 0 aromatic heterocycles. The van der Waals surface area contributed by atoms with E-state index in [2.05, 4.69) is 31.8 Å². The fourth-order valence-electron chi connectivity index (χ4n) is 0.642. The predicted octanol–water partition coefficient (Wildman–Crippen LogP) is 2.24. The number of likely N-dealkylation sites (N-methyl/N-ethyl adjacent to an activating group) is 1. The van der Waals surface area contributed by atoms with E-state index in [0.29, 0.717) is 0 Å². The Kier molecular flexibility index (Phi) is 4.38. The van der Waals surface area contributed by atoms with Gasteiger partial charge in [-0.1, -0.05) is 18.2 Å². The van der Waals surface area contributed by atoms with Gasteiger partial charge in [-0.15, -0.1) is 0 Å². The molecule has 0 bridgehead atoms. The maximum atomic E-state index is 3.61. The smallest absolute Gasteiger partial charge is 0.0336 e. The normalized spacial score (nSPS) is 10.5. The van der Waals surface area contributed by atoms with Crippen LogP contribution in [0.2, 0.25) is 0 Å². The van der Waals surface area contributed by atoms with E-state index >= 15 is 0 Å². The Morgan fingerprint density at radius 3 is 2.30 bits per heavy atom. The second-order valence-corrected chi connectivity index (χ2v) is 2.33. The second kappa shape index (κ2) is 4.86. The van der Waals surface area contributed by atoms with Gasteiger partial charge in [-0.2, -0.15) is 0 Å². The highest BCUT2D eigenvalue weighted by molar-refractivity contribution is 5.23. The first-order valence-corrected chi connectivity index (χ1v) is 3.36. The molecule has 0 radical (unpaired) electrons. The molecule has 0 aliphatic rings. The van der Waals surface area contributed by atoms with Crippen molar-refractivity contribution < 1.29 is 0 Å². The molecule has 0 saturated carbocycles. The molecule has 0 rings (SSSR count). The molecular formula is C9H15N. The molecule has 56 valence electrons. The molecule has 0 spiro atoms. The maximum absolute atomic E-state index is 3.61. The van der Waals surface area contributed by atoms with Crippen LogP contribution in [0, 0.1) is 0 Å². The number of rotatable bonds is 3. The minimum Gasteiger partial charge on any atom is -0.388 e. The van der Waals surface area contributed by atoms with Gasteiger partial charge in [0.05, 0.1) is 0 Å². The molecule has 0 amide bonds. The molecule has 0 fully saturated rings. The summed E-state index contributed by atoms with van der Waals surface area (Å²) in [4.78, 5) is 0. The highest BCUT2D eigenvalue weighted by Crippen LogP contribution is 1.96. The zero-order chi connectivity index (χ0) is 7.98. The lowest BCUT2D eigenvalue weighted by atomic mass is 10.2. The molecule has 1 heteroatoms. The summed E-state index contributed by atoms with van der Waals surface area (Å²) >= 11 is 0. The van der Waals surface area contributed by atoms with Gasteiger partial charge in [0, 0.05) is 12.7 Å². The molecule has 0 aromatic rings. The Balaban J connectivity index is 4.22. The van der Waals surface area contributed by atoms with Crippen LogP contribution in [0.5, 0.6) is 0 Å². The first-order valence-electron chi connectivity index (χ1n) is 3.36. The van der Waals surface area contributed by atoms with Crippen molar-refractivity contribution in [3.8, 4) is 0 Å². The zero-order valence-electron chi connectivity index (χ0n) is 6.94. The average molecular weight is 137 g/mol. The van der Waals surface area contributed by atoms with Gasteiger partial charge in [0.1, 0.15) is 0 Å². The summed E-state index contributed by atoms with van der Waals surface area (Å²) in [6, 6.07) is 0. The Bertz CT molecular complexity index is 157. The monoisotopic (exact) mass is 137 g/mol. The molecule has 0 aromatic carbocycles. The zero-order valence-corrected chi connectivity index (χ0v) is 6.94. The Morgan fingerprint density at radius 2 is 2.00 bits per heavy atom. The fraction of sp³-hybridized carbons (Fsp3) is 0.333. The third kappa shape index (κ3) is 3.96. The molecule has 0 heterocycles. The summed E-state index contributed by atoms with van der Waals surface area (Å²) in [6.07, 6.45) is 5.78. The minimum absolute atomic E-state index is 1.09. The third-order valence-corrected chi connectivity index (χ3v) is 1.03. The Morgan fingerprint density at radius 1 is 1.40 bits per heavy atom. The average Bonchev–Trinajstić information content (AvgIpc) is 1.86. The van der Waals surface area contributed by atoms with E-state index in [1.54, 1.807) is 6.08 Å². The van der Waals surface area contributed by atoms with Gasteiger partial charge in [-0.25, -0.2) is 0 Å². The van der Waals surface area contributed by atoms with Gasteiger partial charge in [-0.3, -0.25) is 0 Å². The topological polar surface area (TPSA) is 12.0 Å². The maximum Gasteiger partial charge on any atom is 0.0336 e. The molecule has 0 atom stereocenters. The van der Waals surface area contributed by atoms with Crippen LogP contribution in [0.15, 0.2) is 36.1 Å². The van der Waals surface area contributed by atoms with Crippen molar-refractivity contribution in [3.05, 3.63) is 36.1 Å². The summed E-state index contributed by atoms with van der Waals surface area (Å²) in [6.45, 7) is 7.74. The summed E-state index contributed by atoms with van der Waals surface area (Å²) in [5, 5.41) is 3.05. The summed E-state index contributed by atoms with van der Waals surface area (Å²) in [5.74, 6) is 0. The summed E-state index contributed by atoms with van der Waals surface area (Å²) < 4.78 is 0. The predicted molar refractivity (Wildman–Crippen MR) is 46.8 cm³/mol. The van der Waals surface area contributed by atoms with Crippen molar-refractivity contribution in [1.82, 2.24) is 5.32 Å². The lowest BCUT2D eigenvalue weighted by molar-refractivity contribution is 1.03. The van der Waals surface area contributed by atoms with E-state index in [4.69, 9.17) is 0 Å². The SMILES string of the molecule is C=C/C=C(/C=C(C)C)NC. The summed E-state index contributed by atoms with van der Waals surface area (Å²) in [5.41, 5.74) is 2.37. The molecule has 0 aliphatic heterocycles. The largest absolute Gasteiger partial charge is 0.388 e.